The molecule has 5 nitrogen and oxygen atoms in total. The molecule has 0 saturated carbocycles. The zero-order valence-corrected chi connectivity index (χ0v) is 13.7. The average molecular weight is 358 g/mol. The molecule has 1 saturated heterocycles. The van der Waals surface area contributed by atoms with Gasteiger partial charge >= 0.3 is 0 Å². The second kappa shape index (κ2) is 5.36. The molecule has 0 N–H and O–H groups in total. The van der Waals surface area contributed by atoms with Gasteiger partial charge in [0.25, 0.3) is 0 Å². The van der Waals surface area contributed by atoms with E-state index < -0.39 is 25.9 Å². The Hall–Kier alpha value is -0.500. The van der Waals surface area contributed by atoms with Gasteiger partial charge in [-0.1, -0.05) is 29.3 Å². The lowest BCUT2D eigenvalue weighted by atomic mass is 10.2. The fourth-order valence-corrected chi connectivity index (χ4v) is 5.73. The molecule has 0 radical (unpaired) electrons. The monoisotopic (exact) mass is 357 g/mol. The molecule has 1 fully saturated rings. The Morgan fingerprint density at radius 3 is 2.45 bits per heavy atom. The van der Waals surface area contributed by atoms with Gasteiger partial charge in [0.2, 0.25) is 10.0 Å². The Kier molecular flexibility index (Phi) is 4.26. The van der Waals surface area contributed by atoms with Crippen LogP contribution < -0.4 is 4.31 Å². The first-order chi connectivity index (χ1) is 9.12. The number of sulfonamides is 1. The van der Waals surface area contributed by atoms with Crippen LogP contribution in [0.5, 0.6) is 0 Å². The summed E-state index contributed by atoms with van der Waals surface area (Å²) in [5.74, 6) is -0.231. The summed E-state index contributed by atoms with van der Waals surface area (Å²) in [6.45, 7) is 0. The van der Waals surface area contributed by atoms with E-state index in [9.17, 15) is 16.8 Å². The van der Waals surface area contributed by atoms with Crippen LogP contribution in [0.15, 0.2) is 18.2 Å². The third kappa shape index (κ3) is 3.21. The highest BCUT2D eigenvalue weighted by atomic mass is 35.5. The van der Waals surface area contributed by atoms with Crippen molar-refractivity contribution >= 4 is 48.7 Å². The van der Waals surface area contributed by atoms with Crippen LogP contribution in [0.1, 0.15) is 6.42 Å². The van der Waals surface area contributed by atoms with Crippen LogP contribution in [0, 0.1) is 0 Å². The Morgan fingerprint density at radius 2 is 1.95 bits per heavy atom. The van der Waals surface area contributed by atoms with Crippen molar-refractivity contribution < 1.29 is 16.8 Å². The Morgan fingerprint density at radius 1 is 1.30 bits per heavy atom. The normalized spacial score (nSPS) is 21.9. The molecule has 112 valence electrons. The molecule has 2 rings (SSSR count). The summed E-state index contributed by atoms with van der Waals surface area (Å²) >= 11 is 12.0. The Bertz CT molecular complexity index is 731. The lowest BCUT2D eigenvalue weighted by molar-refractivity contribution is 0.586. The maximum atomic E-state index is 12.0. The smallest absolute Gasteiger partial charge is 0.232 e. The number of hydrogen-bond acceptors (Lipinski definition) is 4. The minimum atomic E-state index is -3.67. The number of benzene rings is 1. The van der Waals surface area contributed by atoms with Crippen LogP contribution in [0.25, 0.3) is 0 Å². The fraction of sp³-hybridized carbons (Fsp3) is 0.455. The van der Waals surface area contributed by atoms with Crippen molar-refractivity contribution in [1.82, 2.24) is 0 Å². The van der Waals surface area contributed by atoms with Crippen LogP contribution in [-0.4, -0.2) is 40.6 Å². The lowest BCUT2D eigenvalue weighted by Crippen LogP contribution is -2.40. The van der Waals surface area contributed by atoms with Crippen LogP contribution in [0.3, 0.4) is 0 Å². The van der Waals surface area contributed by atoms with Crippen LogP contribution in [-0.2, 0) is 19.9 Å². The SMILES string of the molecule is CS(=O)(=O)N(c1cccc(Cl)c1Cl)C1CCS(=O)(=O)C1. The van der Waals surface area contributed by atoms with Gasteiger partial charge in [-0.2, -0.15) is 0 Å². The van der Waals surface area contributed by atoms with Gasteiger partial charge in [0.05, 0.1) is 39.5 Å². The van der Waals surface area contributed by atoms with E-state index >= 15 is 0 Å². The van der Waals surface area contributed by atoms with Crippen LogP contribution in [0.4, 0.5) is 5.69 Å². The number of nitrogens with zero attached hydrogens (tertiary/aromatic N) is 1. The first kappa shape index (κ1) is 15.9. The standard InChI is InChI=1S/C11H13Cl2NO4S2/c1-19(15,16)14(8-5-6-20(17,18)7-8)10-4-2-3-9(12)11(10)13/h2-4,8H,5-7H2,1H3. The van der Waals surface area contributed by atoms with Gasteiger partial charge in [0.1, 0.15) is 0 Å². The minimum absolute atomic E-state index is 0.0259. The van der Waals surface area contributed by atoms with E-state index in [1.54, 1.807) is 12.1 Å². The van der Waals surface area contributed by atoms with Gasteiger partial charge < -0.3 is 0 Å². The fourth-order valence-electron chi connectivity index (χ4n) is 2.27. The number of sulfone groups is 1. The van der Waals surface area contributed by atoms with E-state index in [-0.39, 0.29) is 33.7 Å². The number of rotatable bonds is 3. The molecular weight excluding hydrogens is 345 g/mol. The van der Waals surface area contributed by atoms with E-state index in [1.165, 1.54) is 6.07 Å². The summed E-state index contributed by atoms with van der Waals surface area (Å²) in [6, 6.07) is 3.98. The molecule has 1 heterocycles. The maximum absolute atomic E-state index is 12.0. The maximum Gasteiger partial charge on any atom is 0.232 e. The molecule has 1 aromatic rings. The van der Waals surface area contributed by atoms with Crippen LogP contribution >= 0.6 is 23.2 Å². The number of hydrogen-bond donors (Lipinski definition) is 0. The van der Waals surface area contributed by atoms with Crippen molar-refractivity contribution in [1.29, 1.82) is 0 Å². The van der Waals surface area contributed by atoms with E-state index in [4.69, 9.17) is 23.2 Å². The molecule has 20 heavy (non-hydrogen) atoms. The first-order valence-electron chi connectivity index (χ1n) is 5.76. The zero-order chi connectivity index (χ0) is 15.1. The van der Waals surface area contributed by atoms with Crippen molar-refractivity contribution in [2.75, 3.05) is 22.1 Å². The topological polar surface area (TPSA) is 71.5 Å². The lowest BCUT2D eigenvalue weighted by Gasteiger charge is -2.28. The highest BCUT2D eigenvalue weighted by Crippen LogP contribution is 2.36. The minimum Gasteiger partial charge on any atom is -0.265 e. The third-order valence-corrected chi connectivity index (χ3v) is 6.83. The highest BCUT2D eigenvalue weighted by Gasteiger charge is 2.37. The molecule has 0 amide bonds. The second-order valence-electron chi connectivity index (χ2n) is 4.69. The molecule has 9 heteroatoms. The van der Waals surface area contributed by atoms with Gasteiger partial charge in [-0.05, 0) is 18.6 Å². The molecule has 1 aliphatic rings. The number of anilines is 1. The summed E-state index contributed by atoms with van der Waals surface area (Å²) in [4.78, 5) is 0. The van der Waals surface area contributed by atoms with Gasteiger partial charge in [0, 0.05) is 0 Å². The quantitative estimate of drug-likeness (QED) is 0.828. The summed E-state index contributed by atoms with van der Waals surface area (Å²) in [7, 11) is -6.88. The second-order valence-corrected chi connectivity index (χ2v) is 9.56. The van der Waals surface area contributed by atoms with E-state index in [1.807, 2.05) is 0 Å². The van der Waals surface area contributed by atoms with Gasteiger partial charge in [0.15, 0.2) is 9.84 Å². The predicted octanol–water partition coefficient (Wildman–Crippen LogP) is 1.95. The summed E-state index contributed by atoms with van der Waals surface area (Å²) < 4.78 is 48.3. The van der Waals surface area contributed by atoms with E-state index in [2.05, 4.69) is 0 Å². The molecule has 0 spiro atoms. The molecule has 0 aromatic heterocycles. The molecule has 1 aromatic carbocycles. The van der Waals surface area contributed by atoms with Crippen molar-refractivity contribution in [2.24, 2.45) is 0 Å². The van der Waals surface area contributed by atoms with Crippen molar-refractivity contribution in [3.8, 4) is 0 Å². The molecule has 1 unspecified atom stereocenters. The molecule has 1 aliphatic heterocycles. The van der Waals surface area contributed by atoms with Gasteiger partial charge in [-0.3, -0.25) is 4.31 Å². The van der Waals surface area contributed by atoms with Crippen molar-refractivity contribution in [2.45, 2.75) is 12.5 Å². The summed E-state index contributed by atoms with van der Waals surface area (Å²) in [6.07, 6.45) is 1.27. The Balaban J connectivity index is 2.53. The van der Waals surface area contributed by atoms with Crippen molar-refractivity contribution in [3.05, 3.63) is 28.2 Å². The molecule has 1 atom stereocenters. The van der Waals surface area contributed by atoms with E-state index in [0.29, 0.717) is 0 Å². The van der Waals surface area contributed by atoms with Crippen molar-refractivity contribution in [3.63, 3.8) is 0 Å². The largest absolute Gasteiger partial charge is 0.265 e. The Labute approximate surface area is 128 Å². The van der Waals surface area contributed by atoms with E-state index in [0.717, 1.165) is 10.6 Å². The van der Waals surface area contributed by atoms with Gasteiger partial charge in [-0.25, -0.2) is 16.8 Å². The average Bonchev–Trinajstić information content (AvgIpc) is 2.63. The van der Waals surface area contributed by atoms with Gasteiger partial charge in [-0.15, -0.1) is 0 Å². The molecule has 0 aliphatic carbocycles. The first-order valence-corrected chi connectivity index (χ1v) is 10.2. The third-order valence-electron chi connectivity index (χ3n) is 3.07. The molecular formula is C11H13Cl2NO4S2. The van der Waals surface area contributed by atoms with Crippen LogP contribution in [0.2, 0.25) is 10.0 Å². The summed E-state index contributed by atoms with van der Waals surface area (Å²) in [5.41, 5.74) is 0.212. The zero-order valence-electron chi connectivity index (χ0n) is 10.6. The molecule has 0 bridgehead atoms. The predicted molar refractivity (Wildman–Crippen MR) is 80.8 cm³/mol. The highest BCUT2D eigenvalue weighted by molar-refractivity contribution is 7.93. The summed E-state index contributed by atoms with van der Waals surface area (Å²) in [5, 5.41) is 0.322. The number of halogens is 2.